The lowest BCUT2D eigenvalue weighted by molar-refractivity contribution is -0.0216. The minimum atomic E-state index is -2.88. The van der Waals surface area contributed by atoms with Crippen LogP contribution >= 0.6 is 7.14 Å². The van der Waals surface area contributed by atoms with E-state index in [4.69, 9.17) is 4.74 Å². The maximum atomic E-state index is 14.3. The van der Waals surface area contributed by atoms with E-state index in [0.29, 0.717) is 11.7 Å². The Labute approximate surface area is 173 Å². The smallest absolute Gasteiger partial charge is 0.338 e. The van der Waals surface area contributed by atoms with Gasteiger partial charge in [-0.25, -0.2) is 4.79 Å². The van der Waals surface area contributed by atoms with Crippen LogP contribution < -0.4 is 10.6 Å². The number of hydrogen-bond acceptors (Lipinski definition) is 3. The predicted octanol–water partition coefficient (Wildman–Crippen LogP) is 5.27. The first-order chi connectivity index (χ1) is 13.8. The monoisotopic (exact) mass is 406 g/mol. The van der Waals surface area contributed by atoms with E-state index in [0.717, 1.165) is 10.6 Å². The Morgan fingerprint density at radius 1 is 0.828 bits per heavy atom. The molecule has 0 aliphatic carbocycles. The van der Waals surface area contributed by atoms with E-state index in [9.17, 15) is 9.36 Å². The molecule has 3 aromatic rings. The summed E-state index contributed by atoms with van der Waals surface area (Å²) < 4.78 is 20.1. The van der Waals surface area contributed by atoms with E-state index < -0.39 is 12.7 Å². The minimum absolute atomic E-state index is 0.124. The first-order valence-electron chi connectivity index (χ1n) is 9.81. The summed E-state index contributed by atoms with van der Waals surface area (Å²) in [6.45, 7) is 5.77. The molecule has 0 radical (unpaired) electrons. The van der Waals surface area contributed by atoms with Gasteiger partial charge in [0.25, 0.3) is 0 Å². The molecule has 4 heteroatoms. The van der Waals surface area contributed by atoms with Crippen molar-refractivity contribution in [1.29, 1.82) is 0 Å². The summed E-state index contributed by atoms with van der Waals surface area (Å²) in [6.07, 6.45) is 0.413. The lowest BCUT2D eigenvalue weighted by Crippen LogP contribution is -2.38. The maximum absolute atomic E-state index is 14.3. The number of esters is 1. The van der Waals surface area contributed by atoms with Crippen molar-refractivity contribution >= 4 is 23.7 Å². The molecular weight excluding hydrogens is 379 g/mol. The van der Waals surface area contributed by atoms with Crippen molar-refractivity contribution in [2.24, 2.45) is 5.92 Å². The van der Waals surface area contributed by atoms with Crippen molar-refractivity contribution in [3.05, 3.63) is 96.6 Å². The fourth-order valence-electron chi connectivity index (χ4n) is 3.28. The van der Waals surface area contributed by atoms with E-state index in [1.165, 1.54) is 0 Å². The minimum Gasteiger partial charge on any atom is -0.456 e. The first-order valence-corrected chi connectivity index (χ1v) is 11.7. The van der Waals surface area contributed by atoms with E-state index in [2.05, 4.69) is 0 Å². The van der Waals surface area contributed by atoms with Crippen LogP contribution in [0.3, 0.4) is 0 Å². The van der Waals surface area contributed by atoms with Gasteiger partial charge in [-0.15, -0.1) is 0 Å². The van der Waals surface area contributed by atoms with E-state index in [1.54, 1.807) is 12.1 Å². The standard InChI is InChI=1S/C25H27O3P/c1-20(25(2,3)28-24(26)21-13-7-4-8-14-21)19-29(27,22-15-9-5-10-16-22)23-17-11-6-12-18-23/h4-18,20H,19H2,1-3H3/t20-/m0/s1. The van der Waals surface area contributed by atoms with Crippen LogP contribution in [0.25, 0.3) is 0 Å². The molecule has 0 aromatic heterocycles. The zero-order valence-electron chi connectivity index (χ0n) is 17.1. The highest BCUT2D eigenvalue weighted by Gasteiger charge is 2.37. The molecular formula is C25H27O3P. The van der Waals surface area contributed by atoms with Gasteiger partial charge in [-0.3, -0.25) is 0 Å². The quantitative estimate of drug-likeness (QED) is 0.396. The van der Waals surface area contributed by atoms with Crippen molar-refractivity contribution in [1.82, 2.24) is 0 Å². The summed E-state index contributed by atoms with van der Waals surface area (Å²) >= 11 is 0. The van der Waals surface area contributed by atoms with Crippen LogP contribution in [-0.4, -0.2) is 17.7 Å². The van der Waals surface area contributed by atoms with Gasteiger partial charge < -0.3 is 9.30 Å². The van der Waals surface area contributed by atoms with Crippen molar-refractivity contribution in [2.45, 2.75) is 26.4 Å². The van der Waals surface area contributed by atoms with Crippen LogP contribution in [0.2, 0.25) is 0 Å². The Bertz CT molecular complexity index is 939. The molecule has 29 heavy (non-hydrogen) atoms. The van der Waals surface area contributed by atoms with Gasteiger partial charge in [0.1, 0.15) is 12.7 Å². The first kappa shape index (κ1) is 21.1. The largest absolute Gasteiger partial charge is 0.456 e. The summed E-state index contributed by atoms with van der Waals surface area (Å²) in [6, 6.07) is 28.1. The number of benzene rings is 3. The van der Waals surface area contributed by atoms with Gasteiger partial charge in [0, 0.05) is 22.7 Å². The van der Waals surface area contributed by atoms with Gasteiger partial charge in [0.2, 0.25) is 0 Å². The SMILES string of the molecule is C[C@@H](CP(=O)(c1ccccc1)c1ccccc1)C(C)(C)OC(=O)c1ccccc1. The number of rotatable bonds is 7. The van der Waals surface area contributed by atoms with Crippen LogP contribution in [-0.2, 0) is 9.30 Å². The van der Waals surface area contributed by atoms with Gasteiger partial charge >= 0.3 is 5.97 Å². The predicted molar refractivity (Wildman–Crippen MR) is 120 cm³/mol. The summed E-state index contributed by atoms with van der Waals surface area (Å²) in [7, 11) is -2.88. The van der Waals surface area contributed by atoms with E-state index in [-0.39, 0.29) is 11.9 Å². The highest BCUT2D eigenvalue weighted by Crippen LogP contribution is 2.47. The third-order valence-electron chi connectivity index (χ3n) is 5.43. The third kappa shape index (κ3) is 4.86. The van der Waals surface area contributed by atoms with Crippen molar-refractivity contribution in [3.63, 3.8) is 0 Å². The van der Waals surface area contributed by atoms with Gasteiger partial charge in [0.15, 0.2) is 0 Å². The molecule has 0 saturated carbocycles. The van der Waals surface area contributed by atoms with Crippen LogP contribution in [0.5, 0.6) is 0 Å². The Balaban J connectivity index is 1.87. The molecule has 0 bridgehead atoms. The molecule has 3 aromatic carbocycles. The molecule has 0 fully saturated rings. The highest BCUT2D eigenvalue weighted by molar-refractivity contribution is 7.78. The Morgan fingerprint density at radius 3 is 1.69 bits per heavy atom. The molecule has 150 valence electrons. The summed E-state index contributed by atoms with van der Waals surface area (Å²) in [5.41, 5.74) is -0.256. The summed E-state index contributed by atoms with van der Waals surface area (Å²) in [5, 5.41) is 1.64. The van der Waals surface area contributed by atoms with Crippen molar-refractivity contribution in [3.8, 4) is 0 Å². The average molecular weight is 406 g/mol. The summed E-state index contributed by atoms with van der Waals surface area (Å²) in [4.78, 5) is 12.6. The van der Waals surface area contributed by atoms with Gasteiger partial charge in [-0.05, 0) is 26.0 Å². The second-order valence-corrected chi connectivity index (χ2v) is 10.7. The third-order valence-corrected chi connectivity index (χ3v) is 8.76. The molecule has 3 rings (SSSR count). The second-order valence-electron chi connectivity index (χ2n) is 7.85. The van der Waals surface area contributed by atoms with Crippen molar-refractivity contribution < 1.29 is 14.1 Å². The van der Waals surface area contributed by atoms with Gasteiger partial charge in [-0.2, -0.15) is 0 Å². The van der Waals surface area contributed by atoms with Crippen LogP contribution in [0.1, 0.15) is 31.1 Å². The molecule has 0 amide bonds. The number of hydrogen-bond donors (Lipinski definition) is 0. The molecule has 0 spiro atoms. The normalized spacial score (nSPS) is 12.9. The Morgan fingerprint density at radius 2 is 1.24 bits per heavy atom. The van der Waals surface area contributed by atoms with E-state index in [1.807, 2.05) is 99.6 Å². The lowest BCUT2D eigenvalue weighted by Gasteiger charge is -2.34. The topological polar surface area (TPSA) is 43.4 Å². The molecule has 0 heterocycles. The fourth-order valence-corrected chi connectivity index (χ4v) is 6.51. The van der Waals surface area contributed by atoms with Crippen molar-refractivity contribution in [2.75, 3.05) is 6.16 Å². The molecule has 0 aliphatic heterocycles. The molecule has 0 aliphatic rings. The molecule has 1 atom stereocenters. The molecule has 0 N–H and O–H groups in total. The fraction of sp³-hybridized carbons (Fsp3) is 0.240. The van der Waals surface area contributed by atoms with E-state index >= 15 is 0 Å². The van der Waals surface area contributed by atoms with Crippen LogP contribution in [0, 0.1) is 5.92 Å². The zero-order chi connectivity index (χ0) is 20.9. The second kappa shape index (κ2) is 8.80. The van der Waals surface area contributed by atoms with Crippen LogP contribution in [0.4, 0.5) is 0 Å². The highest BCUT2D eigenvalue weighted by atomic mass is 31.2. The lowest BCUT2D eigenvalue weighted by atomic mass is 9.94. The molecule has 0 unspecified atom stereocenters. The number of carbonyl (C=O) groups is 1. The van der Waals surface area contributed by atoms with Gasteiger partial charge in [0.05, 0.1) is 5.56 Å². The number of carbonyl (C=O) groups excluding carboxylic acids is 1. The number of ether oxygens (including phenoxy) is 1. The van der Waals surface area contributed by atoms with Crippen LogP contribution in [0.15, 0.2) is 91.0 Å². The molecule has 3 nitrogen and oxygen atoms in total. The zero-order valence-corrected chi connectivity index (χ0v) is 18.0. The Hall–Kier alpha value is -2.64. The summed E-state index contributed by atoms with van der Waals surface area (Å²) in [5.74, 6) is -0.488. The van der Waals surface area contributed by atoms with Gasteiger partial charge in [-0.1, -0.05) is 85.8 Å². The maximum Gasteiger partial charge on any atom is 0.338 e. The average Bonchev–Trinajstić information content (AvgIpc) is 2.75. The Kier molecular flexibility index (Phi) is 6.39. The molecule has 0 saturated heterocycles.